The molecule has 0 fully saturated rings. The first-order chi connectivity index (χ1) is 11.8. The van der Waals surface area contributed by atoms with Gasteiger partial charge in [-0.2, -0.15) is 4.98 Å². The fourth-order valence-electron chi connectivity index (χ4n) is 2.31. The first-order valence-electron chi connectivity index (χ1n) is 7.29. The van der Waals surface area contributed by atoms with Crippen molar-refractivity contribution < 1.29 is 9.47 Å². The van der Waals surface area contributed by atoms with Gasteiger partial charge in [0.25, 0.3) is 0 Å². The van der Waals surface area contributed by atoms with Gasteiger partial charge in [0.05, 0.1) is 0 Å². The van der Waals surface area contributed by atoms with Crippen molar-refractivity contribution in [2.45, 2.75) is 0 Å². The fraction of sp³-hybridized carbons (Fsp3) is 0.0588. The van der Waals surface area contributed by atoms with Crippen molar-refractivity contribution in [1.82, 2.24) is 9.97 Å². The van der Waals surface area contributed by atoms with E-state index in [2.05, 4.69) is 36.5 Å². The van der Waals surface area contributed by atoms with Gasteiger partial charge in [0.1, 0.15) is 5.82 Å². The Morgan fingerprint density at radius 2 is 1.79 bits per heavy atom. The van der Waals surface area contributed by atoms with Crippen molar-refractivity contribution in [3.63, 3.8) is 0 Å². The Labute approximate surface area is 147 Å². The van der Waals surface area contributed by atoms with Gasteiger partial charge in [-0.25, -0.2) is 4.98 Å². The second kappa shape index (κ2) is 6.37. The lowest BCUT2D eigenvalue weighted by Crippen LogP contribution is -2.00. The molecule has 24 heavy (non-hydrogen) atoms. The van der Waals surface area contributed by atoms with Crippen LogP contribution in [0.5, 0.6) is 11.5 Å². The molecule has 0 saturated heterocycles. The van der Waals surface area contributed by atoms with E-state index in [0.29, 0.717) is 17.5 Å². The lowest BCUT2D eigenvalue weighted by atomic mass is 10.3. The number of nitrogens with zero attached hydrogens (tertiary/aromatic N) is 2. The summed E-state index contributed by atoms with van der Waals surface area (Å²) in [6.45, 7) is 0.251. The van der Waals surface area contributed by atoms with Crippen molar-refractivity contribution in [3.8, 4) is 11.5 Å². The number of hydrogen-bond donors (Lipinski definition) is 2. The van der Waals surface area contributed by atoms with Crippen molar-refractivity contribution in [3.05, 3.63) is 59.2 Å². The molecule has 7 heteroatoms. The highest BCUT2D eigenvalue weighted by atomic mass is 79.9. The zero-order valence-electron chi connectivity index (χ0n) is 12.5. The summed E-state index contributed by atoms with van der Waals surface area (Å²) in [7, 11) is 0. The van der Waals surface area contributed by atoms with Gasteiger partial charge in [-0.05, 0) is 36.4 Å². The van der Waals surface area contributed by atoms with E-state index in [0.717, 1.165) is 21.6 Å². The van der Waals surface area contributed by atoms with Crippen LogP contribution in [0, 0.1) is 0 Å². The largest absolute Gasteiger partial charge is 0.454 e. The predicted molar refractivity (Wildman–Crippen MR) is 95.3 cm³/mol. The molecule has 1 aromatic heterocycles. The summed E-state index contributed by atoms with van der Waals surface area (Å²) in [5.74, 6) is 2.65. The van der Waals surface area contributed by atoms with Crippen LogP contribution in [0.2, 0.25) is 0 Å². The molecule has 0 atom stereocenters. The standard InChI is InChI=1S/C17H13BrN4O2/c18-11-2-1-3-12(8-11)20-16-6-7-19-17(22-16)21-13-4-5-14-15(9-13)24-10-23-14/h1-9H,10H2,(H2,19,20,21,22). The van der Waals surface area contributed by atoms with Gasteiger partial charge in [-0.1, -0.05) is 22.0 Å². The van der Waals surface area contributed by atoms with E-state index in [1.165, 1.54) is 0 Å². The summed E-state index contributed by atoms with van der Waals surface area (Å²) < 4.78 is 11.7. The summed E-state index contributed by atoms with van der Waals surface area (Å²) in [6.07, 6.45) is 1.70. The summed E-state index contributed by atoms with van der Waals surface area (Å²) >= 11 is 3.45. The maximum Gasteiger partial charge on any atom is 0.231 e. The highest BCUT2D eigenvalue weighted by molar-refractivity contribution is 9.10. The topological polar surface area (TPSA) is 68.3 Å². The molecular weight excluding hydrogens is 372 g/mol. The maximum absolute atomic E-state index is 5.37. The molecule has 2 aromatic carbocycles. The highest BCUT2D eigenvalue weighted by Crippen LogP contribution is 2.34. The number of aromatic nitrogens is 2. The van der Waals surface area contributed by atoms with E-state index in [1.54, 1.807) is 6.20 Å². The number of hydrogen-bond acceptors (Lipinski definition) is 6. The Balaban J connectivity index is 1.52. The average Bonchev–Trinajstić information content (AvgIpc) is 3.03. The van der Waals surface area contributed by atoms with Crippen LogP contribution in [0.1, 0.15) is 0 Å². The highest BCUT2D eigenvalue weighted by Gasteiger charge is 2.13. The molecule has 0 saturated carbocycles. The molecular formula is C17H13BrN4O2. The second-order valence-electron chi connectivity index (χ2n) is 5.09. The van der Waals surface area contributed by atoms with Gasteiger partial charge in [-0.15, -0.1) is 0 Å². The number of ether oxygens (including phenoxy) is 2. The van der Waals surface area contributed by atoms with E-state index in [1.807, 2.05) is 48.5 Å². The number of benzene rings is 2. The second-order valence-corrected chi connectivity index (χ2v) is 6.01. The minimum atomic E-state index is 0.251. The van der Waals surface area contributed by atoms with Crippen LogP contribution in [0.25, 0.3) is 0 Å². The SMILES string of the molecule is Brc1cccc(Nc2ccnc(Nc3ccc4c(c3)OCO4)n2)c1. The van der Waals surface area contributed by atoms with E-state index in [9.17, 15) is 0 Å². The number of anilines is 4. The van der Waals surface area contributed by atoms with Gasteiger partial charge < -0.3 is 20.1 Å². The monoisotopic (exact) mass is 384 g/mol. The molecule has 120 valence electrons. The van der Waals surface area contributed by atoms with Crippen molar-refractivity contribution in [2.75, 3.05) is 17.4 Å². The Morgan fingerprint density at radius 1 is 0.917 bits per heavy atom. The van der Waals surface area contributed by atoms with E-state index >= 15 is 0 Å². The summed E-state index contributed by atoms with van der Waals surface area (Å²) in [4.78, 5) is 8.71. The molecule has 0 radical (unpaired) electrons. The van der Waals surface area contributed by atoms with Crippen molar-refractivity contribution in [2.24, 2.45) is 0 Å². The fourth-order valence-corrected chi connectivity index (χ4v) is 2.71. The average molecular weight is 385 g/mol. The molecule has 3 aromatic rings. The molecule has 0 unspecified atom stereocenters. The van der Waals surface area contributed by atoms with Crippen LogP contribution < -0.4 is 20.1 Å². The molecule has 1 aliphatic rings. The lowest BCUT2D eigenvalue weighted by Gasteiger charge is -2.09. The van der Waals surface area contributed by atoms with Gasteiger partial charge >= 0.3 is 0 Å². The number of nitrogens with one attached hydrogen (secondary N) is 2. The summed E-state index contributed by atoms with van der Waals surface area (Å²) in [5, 5.41) is 6.41. The third-order valence-corrected chi connectivity index (χ3v) is 3.87. The van der Waals surface area contributed by atoms with Crippen LogP contribution in [-0.2, 0) is 0 Å². The molecule has 2 N–H and O–H groups in total. The first-order valence-corrected chi connectivity index (χ1v) is 8.08. The minimum Gasteiger partial charge on any atom is -0.454 e. The zero-order valence-corrected chi connectivity index (χ0v) is 14.1. The molecule has 0 bridgehead atoms. The normalized spacial score (nSPS) is 12.0. The molecule has 4 rings (SSSR count). The van der Waals surface area contributed by atoms with Crippen LogP contribution in [0.15, 0.2) is 59.2 Å². The smallest absolute Gasteiger partial charge is 0.231 e. The minimum absolute atomic E-state index is 0.251. The third kappa shape index (κ3) is 3.26. The van der Waals surface area contributed by atoms with Crippen LogP contribution in [-0.4, -0.2) is 16.8 Å². The number of rotatable bonds is 4. The maximum atomic E-state index is 5.37. The van der Waals surface area contributed by atoms with Crippen LogP contribution >= 0.6 is 15.9 Å². The Bertz CT molecular complexity index is 888. The van der Waals surface area contributed by atoms with Gasteiger partial charge in [0.2, 0.25) is 12.7 Å². The lowest BCUT2D eigenvalue weighted by molar-refractivity contribution is 0.174. The summed E-state index contributed by atoms with van der Waals surface area (Å²) in [6, 6.07) is 15.3. The predicted octanol–water partition coefficient (Wildman–Crippen LogP) is 4.46. The number of halogens is 1. The third-order valence-electron chi connectivity index (χ3n) is 3.38. The van der Waals surface area contributed by atoms with Crippen molar-refractivity contribution >= 4 is 39.1 Å². The molecule has 0 aliphatic carbocycles. The van der Waals surface area contributed by atoms with Gasteiger partial charge in [0, 0.05) is 28.1 Å². The van der Waals surface area contributed by atoms with E-state index in [-0.39, 0.29) is 6.79 Å². The Morgan fingerprint density at radius 3 is 2.71 bits per heavy atom. The molecule has 0 spiro atoms. The number of fused-ring (bicyclic) bond motifs is 1. The van der Waals surface area contributed by atoms with Gasteiger partial charge in [-0.3, -0.25) is 0 Å². The quantitative estimate of drug-likeness (QED) is 0.692. The first kappa shape index (κ1) is 14.8. The van der Waals surface area contributed by atoms with Gasteiger partial charge in [0.15, 0.2) is 11.5 Å². The summed E-state index contributed by atoms with van der Waals surface area (Å²) in [5.41, 5.74) is 1.77. The molecule has 1 aliphatic heterocycles. The molecule has 0 amide bonds. The Hall–Kier alpha value is -2.80. The molecule has 6 nitrogen and oxygen atoms in total. The van der Waals surface area contributed by atoms with Crippen LogP contribution in [0.3, 0.4) is 0 Å². The molecule has 2 heterocycles. The van der Waals surface area contributed by atoms with E-state index in [4.69, 9.17) is 9.47 Å². The zero-order chi connectivity index (χ0) is 16.4. The Kier molecular flexibility index (Phi) is 3.92. The van der Waals surface area contributed by atoms with E-state index < -0.39 is 0 Å². The van der Waals surface area contributed by atoms with Crippen LogP contribution in [0.4, 0.5) is 23.1 Å². The van der Waals surface area contributed by atoms with Crippen molar-refractivity contribution in [1.29, 1.82) is 0 Å².